The summed E-state index contributed by atoms with van der Waals surface area (Å²) in [6.07, 6.45) is 2.89. The predicted molar refractivity (Wildman–Crippen MR) is 126 cm³/mol. The molecule has 0 saturated heterocycles. The molecule has 0 radical (unpaired) electrons. The number of ketones is 1. The van der Waals surface area contributed by atoms with E-state index in [-0.39, 0.29) is 11.3 Å². The van der Waals surface area contributed by atoms with Crippen molar-refractivity contribution in [1.29, 1.82) is 0 Å². The molecule has 3 aromatic rings. The van der Waals surface area contributed by atoms with Gasteiger partial charge in [0.25, 0.3) is 11.6 Å². The van der Waals surface area contributed by atoms with Gasteiger partial charge < -0.3 is 9.84 Å². The van der Waals surface area contributed by atoms with Crippen molar-refractivity contribution in [1.82, 2.24) is 0 Å². The minimum atomic E-state index is -0.977. The highest BCUT2D eigenvalue weighted by molar-refractivity contribution is 6.19. The van der Waals surface area contributed by atoms with E-state index in [2.05, 4.69) is 0 Å². The van der Waals surface area contributed by atoms with Gasteiger partial charge in [0.15, 0.2) is 11.5 Å². The monoisotopic (exact) mass is 456 g/mol. The molecule has 8 nitrogen and oxygen atoms in total. The van der Waals surface area contributed by atoms with Crippen LogP contribution >= 0.6 is 0 Å². The lowest BCUT2D eigenvalue weighted by atomic mass is 9.95. The number of methoxy groups -OCH3 is 1. The second kappa shape index (κ2) is 9.41. The molecule has 34 heavy (non-hydrogen) atoms. The fourth-order valence-electron chi connectivity index (χ4n) is 3.79. The Morgan fingerprint density at radius 2 is 1.68 bits per heavy atom. The summed E-state index contributed by atoms with van der Waals surface area (Å²) in [5.41, 5.74) is 1.40. The van der Waals surface area contributed by atoms with Gasteiger partial charge in [-0.2, -0.15) is 0 Å². The number of benzene rings is 3. The number of carbonyl (C=O) groups excluding carboxylic acids is 2. The highest BCUT2D eigenvalue weighted by atomic mass is 16.6. The number of nitrogens with zero attached hydrogens (tertiary/aromatic N) is 2. The normalized spacial score (nSPS) is 15.7. The maximum Gasteiger partial charge on any atom is 0.294 e. The van der Waals surface area contributed by atoms with Gasteiger partial charge in [-0.1, -0.05) is 36.4 Å². The number of amides is 1. The highest BCUT2D eigenvalue weighted by Crippen LogP contribution is 2.41. The van der Waals surface area contributed by atoms with Crippen LogP contribution in [0.2, 0.25) is 0 Å². The standard InChI is InChI=1S/C26H20N2O6/c1-34-21-14-12-19(13-15-21)27-24(18-8-10-20(11-9-18)28(32)33)23(25(30)26(27)31)22(29)16-7-17-5-3-2-4-6-17/h2-16,24,30H,1H3/b16-7+/t24-/m0/s1. The van der Waals surface area contributed by atoms with E-state index in [0.29, 0.717) is 17.0 Å². The summed E-state index contributed by atoms with van der Waals surface area (Å²) < 4.78 is 5.17. The van der Waals surface area contributed by atoms with Crippen LogP contribution in [-0.2, 0) is 9.59 Å². The first kappa shape index (κ1) is 22.5. The van der Waals surface area contributed by atoms with Gasteiger partial charge in [-0.05, 0) is 53.6 Å². The van der Waals surface area contributed by atoms with E-state index in [1.807, 2.05) is 30.3 Å². The Morgan fingerprint density at radius 1 is 1.03 bits per heavy atom. The van der Waals surface area contributed by atoms with Crippen molar-refractivity contribution < 1.29 is 24.4 Å². The van der Waals surface area contributed by atoms with Crippen LogP contribution < -0.4 is 9.64 Å². The van der Waals surface area contributed by atoms with E-state index in [4.69, 9.17) is 4.74 Å². The second-order valence-electron chi connectivity index (χ2n) is 7.49. The Hall–Kier alpha value is -4.72. The fourth-order valence-corrected chi connectivity index (χ4v) is 3.79. The highest BCUT2D eigenvalue weighted by Gasteiger charge is 2.43. The molecule has 8 heteroatoms. The summed E-state index contributed by atoms with van der Waals surface area (Å²) in [7, 11) is 1.51. The Morgan fingerprint density at radius 3 is 2.26 bits per heavy atom. The van der Waals surface area contributed by atoms with E-state index in [1.54, 1.807) is 30.3 Å². The molecule has 1 N–H and O–H groups in total. The zero-order valence-electron chi connectivity index (χ0n) is 18.1. The lowest BCUT2D eigenvalue weighted by molar-refractivity contribution is -0.384. The molecule has 1 atom stereocenters. The molecule has 0 bridgehead atoms. The quantitative estimate of drug-likeness (QED) is 0.311. The zero-order chi connectivity index (χ0) is 24.2. The van der Waals surface area contributed by atoms with E-state index in [1.165, 1.54) is 42.4 Å². The number of nitro groups is 1. The van der Waals surface area contributed by atoms with Gasteiger partial charge in [0.05, 0.1) is 23.6 Å². The first-order chi connectivity index (χ1) is 16.4. The van der Waals surface area contributed by atoms with E-state index < -0.39 is 28.4 Å². The third kappa shape index (κ3) is 4.29. The molecule has 1 heterocycles. The number of hydrogen-bond acceptors (Lipinski definition) is 6. The number of aliphatic hydroxyl groups is 1. The van der Waals surface area contributed by atoms with Crippen molar-refractivity contribution in [3.8, 4) is 5.75 Å². The van der Waals surface area contributed by atoms with Crippen LogP contribution in [0.3, 0.4) is 0 Å². The Labute approximate surface area is 195 Å². The van der Waals surface area contributed by atoms with Gasteiger partial charge in [0.2, 0.25) is 0 Å². The van der Waals surface area contributed by atoms with Crippen LogP contribution in [-0.4, -0.2) is 28.8 Å². The van der Waals surface area contributed by atoms with E-state index in [9.17, 15) is 24.8 Å². The number of non-ortho nitro benzene ring substituents is 1. The molecule has 0 fully saturated rings. The van der Waals surface area contributed by atoms with Gasteiger partial charge in [0.1, 0.15) is 5.75 Å². The average molecular weight is 456 g/mol. The molecule has 1 amide bonds. The zero-order valence-corrected chi connectivity index (χ0v) is 18.1. The molecule has 170 valence electrons. The number of rotatable bonds is 7. The van der Waals surface area contributed by atoms with Gasteiger partial charge in [-0.3, -0.25) is 24.6 Å². The Bertz CT molecular complexity index is 1300. The lowest BCUT2D eigenvalue weighted by Crippen LogP contribution is -2.30. The lowest BCUT2D eigenvalue weighted by Gasteiger charge is -2.26. The van der Waals surface area contributed by atoms with E-state index >= 15 is 0 Å². The Balaban J connectivity index is 1.78. The number of anilines is 1. The van der Waals surface area contributed by atoms with Gasteiger partial charge >= 0.3 is 0 Å². The summed E-state index contributed by atoms with van der Waals surface area (Å²) in [5, 5.41) is 21.8. The number of nitro benzene ring substituents is 1. The van der Waals surface area contributed by atoms with E-state index in [0.717, 1.165) is 5.56 Å². The third-order valence-electron chi connectivity index (χ3n) is 5.47. The number of ether oxygens (including phenoxy) is 1. The second-order valence-corrected chi connectivity index (χ2v) is 7.49. The van der Waals surface area contributed by atoms with Crippen LogP contribution in [0.25, 0.3) is 6.08 Å². The Kier molecular flexibility index (Phi) is 6.22. The topological polar surface area (TPSA) is 110 Å². The van der Waals surface area contributed by atoms with Gasteiger partial charge in [-0.15, -0.1) is 0 Å². The molecule has 1 aliphatic rings. The van der Waals surface area contributed by atoms with Crippen LogP contribution in [0.1, 0.15) is 17.2 Å². The SMILES string of the molecule is COc1ccc(N2C(=O)C(O)=C(C(=O)/C=C/c3ccccc3)[C@@H]2c2ccc([N+](=O)[O-])cc2)cc1. The molecule has 0 saturated carbocycles. The van der Waals surface area contributed by atoms with Crippen molar-refractivity contribution in [2.45, 2.75) is 6.04 Å². The number of hydrogen-bond donors (Lipinski definition) is 1. The number of allylic oxidation sites excluding steroid dienone is 1. The van der Waals surface area contributed by atoms with Crippen LogP contribution in [0.15, 0.2) is 96.3 Å². The molecule has 0 spiro atoms. The third-order valence-corrected chi connectivity index (χ3v) is 5.47. The van der Waals surface area contributed by atoms with Gasteiger partial charge in [-0.25, -0.2) is 0 Å². The molecule has 1 aliphatic heterocycles. The van der Waals surface area contributed by atoms with Crippen molar-refractivity contribution >= 4 is 29.1 Å². The summed E-state index contributed by atoms with van der Waals surface area (Å²) in [4.78, 5) is 38.2. The van der Waals surface area contributed by atoms with Gasteiger partial charge in [0, 0.05) is 17.8 Å². The van der Waals surface area contributed by atoms with Crippen molar-refractivity contribution in [3.05, 3.63) is 118 Å². The minimum absolute atomic E-state index is 0.109. The maximum atomic E-state index is 13.2. The van der Waals surface area contributed by atoms with Crippen molar-refractivity contribution in [3.63, 3.8) is 0 Å². The molecule has 0 unspecified atom stereocenters. The van der Waals surface area contributed by atoms with Crippen LogP contribution in [0, 0.1) is 10.1 Å². The average Bonchev–Trinajstić information content (AvgIpc) is 3.13. The van der Waals surface area contributed by atoms with Crippen molar-refractivity contribution in [2.24, 2.45) is 0 Å². The molecule has 0 aromatic heterocycles. The summed E-state index contributed by atoms with van der Waals surface area (Å²) in [6.45, 7) is 0. The smallest absolute Gasteiger partial charge is 0.294 e. The molecular weight excluding hydrogens is 436 g/mol. The summed E-state index contributed by atoms with van der Waals surface area (Å²) in [5.74, 6) is -1.39. The van der Waals surface area contributed by atoms with Crippen LogP contribution in [0.4, 0.5) is 11.4 Å². The number of aliphatic hydroxyl groups excluding tert-OH is 1. The largest absolute Gasteiger partial charge is 0.503 e. The van der Waals surface area contributed by atoms with Crippen molar-refractivity contribution in [2.75, 3.05) is 12.0 Å². The number of carbonyl (C=O) groups is 2. The van der Waals surface area contributed by atoms with Crippen LogP contribution in [0.5, 0.6) is 5.75 Å². The summed E-state index contributed by atoms with van der Waals surface area (Å²) in [6, 6.07) is 20.3. The first-order valence-electron chi connectivity index (χ1n) is 10.3. The molecular formula is C26H20N2O6. The minimum Gasteiger partial charge on any atom is -0.503 e. The molecule has 0 aliphatic carbocycles. The fraction of sp³-hybridized carbons (Fsp3) is 0.0769. The summed E-state index contributed by atoms with van der Waals surface area (Å²) >= 11 is 0. The molecule has 4 rings (SSSR count). The predicted octanol–water partition coefficient (Wildman–Crippen LogP) is 4.79. The maximum absolute atomic E-state index is 13.2. The first-order valence-corrected chi connectivity index (χ1v) is 10.3. The molecule has 3 aromatic carbocycles.